The van der Waals surface area contributed by atoms with Crippen LogP contribution in [0.4, 0.5) is 0 Å². The number of hydrogen-bond donors (Lipinski definition) is 9. The molecule has 0 spiro atoms. The second-order valence-corrected chi connectivity index (χ2v) is 20.5. The number of carbonyl (C=O) groups excluding carboxylic acids is 2. The van der Waals surface area contributed by atoms with Gasteiger partial charge in [0.05, 0.1) is 19.1 Å². The normalized spacial score (nSPS) is 23.0. The van der Waals surface area contributed by atoms with Gasteiger partial charge in [-0.2, -0.15) is 4.89 Å². The van der Waals surface area contributed by atoms with Crippen LogP contribution < -0.4 is 0 Å². The van der Waals surface area contributed by atoms with Gasteiger partial charge in [0.15, 0.2) is 6.10 Å². The molecule has 19 nitrogen and oxygen atoms in total. The average Bonchev–Trinajstić information content (AvgIpc) is 3.27. The summed E-state index contributed by atoms with van der Waals surface area (Å²) in [6.45, 7) is 2.70. The van der Waals surface area contributed by atoms with Crippen molar-refractivity contribution in [2.75, 3.05) is 13.2 Å². The molecule has 7 unspecified atom stereocenters. The highest BCUT2D eigenvalue weighted by atomic mass is 31.2. The lowest BCUT2D eigenvalue weighted by molar-refractivity contribution is -0.450. The van der Waals surface area contributed by atoms with E-state index in [1.54, 1.807) is 0 Å². The van der Waals surface area contributed by atoms with Crippen LogP contribution in [0.15, 0.2) is 0 Å². The Morgan fingerprint density at radius 3 is 1.33 bits per heavy atom. The molecule has 7 atom stereocenters. The predicted molar refractivity (Wildman–Crippen MR) is 245 cm³/mol. The molecule has 392 valence electrons. The minimum atomic E-state index is -5.48. The fraction of sp³-hybridized carbons (Fsp3) is 0.956. The van der Waals surface area contributed by atoms with Crippen molar-refractivity contribution >= 4 is 27.6 Å². The molecule has 0 aromatic heterocycles. The summed E-state index contributed by atoms with van der Waals surface area (Å²) in [6, 6.07) is 0. The van der Waals surface area contributed by atoms with Gasteiger partial charge in [-0.3, -0.25) is 18.6 Å². The van der Waals surface area contributed by atoms with Gasteiger partial charge in [0.2, 0.25) is 0 Å². The highest BCUT2D eigenvalue weighted by Gasteiger charge is 2.60. The van der Waals surface area contributed by atoms with E-state index in [2.05, 4.69) is 23.4 Å². The Kier molecular flexibility index (Phi) is 35.0. The monoisotopic (exact) mass is 995 g/mol. The molecular weight excluding hydrogens is 906 g/mol. The van der Waals surface area contributed by atoms with Gasteiger partial charge in [-0.05, 0) is 12.8 Å². The van der Waals surface area contributed by atoms with Crippen molar-refractivity contribution < 1.29 is 92.1 Å². The highest BCUT2D eigenvalue weighted by molar-refractivity contribution is 7.47. The van der Waals surface area contributed by atoms with Crippen molar-refractivity contribution in [2.24, 2.45) is 0 Å². The maximum atomic E-state index is 13.1. The third-order valence-corrected chi connectivity index (χ3v) is 13.2. The van der Waals surface area contributed by atoms with Gasteiger partial charge in [-0.25, -0.2) is 9.13 Å². The van der Waals surface area contributed by atoms with E-state index in [-0.39, 0.29) is 12.8 Å². The van der Waals surface area contributed by atoms with Gasteiger partial charge < -0.3 is 54.8 Å². The van der Waals surface area contributed by atoms with E-state index >= 15 is 0 Å². The molecule has 0 bridgehead atoms. The molecule has 66 heavy (non-hydrogen) atoms. The van der Waals surface area contributed by atoms with E-state index in [4.69, 9.17) is 18.5 Å². The van der Waals surface area contributed by atoms with Crippen LogP contribution in [0.2, 0.25) is 0 Å². The molecule has 1 aliphatic carbocycles. The van der Waals surface area contributed by atoms with Crippen molar-refractivity contribution in [1.82, 2.24) is 0 Å². The zero-order chi connectivity index (χ0) is 49.3. The van der Waals surface area contributed by atoms with Gasteiger partial charge in [0.1, 0.15) is 37.1 Å². The minimum Gasteiger partial charge on any atom is -0.462 e. The van der Waals surface area contributed by atoms with E-state index in [1.807, 2.05) is 0 Å². The molecule has 0 saturated heterocycles. The van der Waals surface area contributed by atoms with Crippen LogP contribution in [0.3, 0.4) is 0 Å². The number of hydrogen-bond acceptors (Lipinski definition) is 16. The number of aliphatic hydroxyl groups is 6. The Labute approximate surface area is 393 Å². The number of unbranched alkanes of at least 4 members (excludes halogenated alkanes) is 26. The first-order valence-electron chi connectivity index (χ1n) is 24.9. The zero-order valence-corrected chi connectivity index (χ0v) is 41.7. The Bertz CT molecular complexity index is 1320. The topological polar surface area (TPSA) is 306 Å². The Morgan fingerprint density at radius 2 is 0.924 bits per heavy atom. The molecule has 1 saturated carbocycles. The molecule has 1 fully saturated rings. The second-order valence-electron chi connectivity index (χ2n) is 18.0. The quantitative estimate of drug-likeness (QED) is 0.00708. The maximum absolute atomic E-state index is 13.1. The van der Waals surface area contributed by atoms with E-state index in [1.165, 1.54) is 109 Å². The molecule has 21 heteroatoms. The van der Waals surface area contributed by atoms with E-state index in [0.29, 0.717) is 12.8 Å². The number of aliphatic hydroxyl groups excluding tert-OH is 5. The highest BCUT2D eigenvalue weighted by Crippen LogP contribution is 2.46. The van der Waals surface area contributed by atoms with Gasteiger partial charge >= 0.3 is 27.6 Å². The van der Waals surface area contributed by atoms with Crippen LogP contribution >= 0.6 is 15.6 Å². The molecule has 0 aromatic carbocycles. The number of esters is 2. The Morgan fingerprint density at radius 1 is 0.530 bits per heavy atom. The van der Waals surface area contributed by atoms with Crippen LogP contribution in [0, 0.1) is 0 Å². The fourth-order valence-electron chi connectivity index (χ4n) is 7.85. The van der Waals surface area contributed by atoms with E-state index in [0.717, 1.165) is 57.8 Å². The largest absolute Gasteiger partial charge is 0.499 e. The molecule has 0 aliphatic heterocycles. The smallest absolute Gasteiger partial charge is 0.462 e. The molecule has 0 aromatic rings. The number of phosphoric acid groups is 2. The summed E-state index contributed by atoms with van der Waals surface area (Å²) in [5.74, 6) is -5.19. The summed E-state index contributed by atoms with van der Waals surface area (Å²) in [7, 11) is -10.5. The number of phosphoric ester groups is 2. The zero-order valence-electron chi connectivity index (χ0n) is 39.9. The summed E-state index contributed by atoms with van der Waals surface area (Å²) in [4.78, 5) is 59.5. The predicted octanol–water partition coefficient (Wildman–Crippen LogP) is 7.62. The third-order valence-electron chi connectivity index (χ3n) is 11.9. The van der Waals surface area contributed by atoms with Crippen molar-refractivity contribution in [1.29, 1.82) is 0 Å². The van der Waals surface area contributed by atoms with Crippen molar-refractivity contribution in [3.05, 3.63) is 0 Å². The first kappa shape index (κ1) is 62.9. The van der Waals surface area contributed by atoms with Crippen molar-refractivity contribution in [3.8, 4) is 0 Å². The van der Waals surface area contributed by atoms with E-state index in [9.17, 15) is 64.0 Å². The molecule has 0 heterocycles. The van der Waals surface area contributed by atoms with Crippen LogP contribution in [0.1, 0.15) is 213 Å². The lowest BCUT2D eigenvalue weighted by Crippen LogP contribution is -2.71. The molecule has 0 amide bonds. The molecule has 9 N–H and O–H groups in total. The summed E-state index contributed by atoms with van der Waals surface area (Å²) >= 11 is 0. The van der Waals surface area contributed by atoms with E-state index < -0.39 is 95.7 Å². The summed E-state index contributed by atoms with van der Waals surface area (Å²) in [6.07, 6.45) is 15.9. The molecule has 1 aliphatic rings. The van der Waals surface area contributed by atoms with Gasteiger partial charge in [0.25, 0.3) is 5.79 Å². The summed E-state index contributed by atoms with van der Waals surface area (Å²) in [5.41, 5.74) is 0. The van der Waals surface area contributed by atoms with Crippen LogP contribution in [-0.2, 0) is 46.8 Å². The number of carbonyl (C=O) groups is 2. The molecule has 1 rings (SSSR count). The standard InChI is InChI=1S/C45H88O19P2/c1-3-5-7-9-11-13-15-17-18-20-22-24-26-28-30-32-38(46)59-34-37(35-60-66(57,58)64-63-45(53)43(51)41(49)40(48)42(50)44(45)52)61-39(47)33-36(62-65(54,55)56)31-29-27-25-23-21-19-16-14-12-10-8-6-4-2/h36-37,40-44,48-53H,3-35H2,1-2H3,(H,57,58)(H2,54,55,56). The lowest BCUT2D eigenvalue weighted by Gasteiger charge is -2.45. The molecule has 0 radical (unpaired) electrons. The van der Waals surface area contributed by atoms with Gasteiger partial charge in [0, 0.05) is 6.42 Å². The van der Waals surface area contributed by atoms with Gasteiger partial charge in [-0.1, -0.05) is 187 Å². The summed E-state index contributed by atoms with van der Waals surface area (Å²) < 4.78 is 49.1. The second kappa shape index (κ2) is 36.8. The maximum Gasteiger partial charge on any atom is 0.499 e. The van der Waals surface area contributed by atoms with Crippen LogP contribution in [-0.4, -0.2) is 119 Å². The first-order valence-corrected chi connectivity index (χ1v) is 28.0. The van der Waals surface area contributed by atoms with Crippen molar-refractivity contribution in [3.63, 3.8) is 0 Å². The third kappa shape index (κ3) is 29.8. The number of rotatable bonds is 43. The Hall–Kier alpha value is -1.12. The fourth-order valence-corrected chi connectivity index (χ4v) is 9.03. The SMILES string of the molecule is CCCCCCCCCCCCCCCCCC(=O)OCC(COP(=O)(O)OOC1(O)C(O)C(O)C(O)C(O)C1O)OC(=O)CC(CCCCCCCCCCCCCCC)OP(=O)(O)O. The lowest BCUT2D eigenvalue weighted by atomic mass is 9.82. The first-order chi connectivity index (χ1) is 31.4. The summed E-state index contributed by atoms with van der Waals surface area (Å²) in [5, 5.41) is 60.5. The minimum absolute atomic E-state index is 0.0299. The van der Waals surface area contributed by atoms with Gasteiger partial charge in [-0.15, -0.1) is 4.67 Å². The van der Waals surface area contributed by atoms with Crippen LogP contribution in [0.5, 0.6) is 0 Å². The molecular formula is C45H88O19P2. The Balaban J connectivity index is 2.72. The van der Waals surface area contributed by atoms with Crippen LogP contribution in [0.25, 0.3) is 0 Å². The van der Waals surface area contributed by atoms with Crippen molar-refractivity contribution in [2.45, 2.75) is 261 Å². The number of ether oxygens (including phenoxy) is 2. The average molecular weight is 995 g/mol.